The minimum absolute atomic E-state index is 0.0848. The van der Waals surface area contributed by atoms with E-state index in [9.17, 15) is 19.2 Å². The largest absolute Gasteiger partial charge is 0.489 e. The second kappa shape index (κ2) is 22.7. The van der Waals surface area contributed by atoms with Crippen molar-refractivity contribution in [1.29, 1.82) is 0 Å². The Morgan fingerprint density at radius 1 is 0.606 bits per heavy atom. The molecule has 4 aromatic carbocycles. The van der Waals surface area contributed by atoms with Crippen molar-refractivity contribution in [3.8, 4) is 11.6 Å². The van der Waals surface area contributed by atoms with Gasteiger partial charge in [0.05, 0.1) is 52.3 Å². The van der Waals surface area contributed by atoms with Crippen molar-refractivity contribution >= 4 is 46.9 Å². The molecule has 1 aliphatic heterocycles. The van der Waals surface area contributed by atoms with E-state index in [1.807, 2.05) is 115 Å². The molecule has 5 atom stereocenters. The van der Waals surface area contributed by atoms with Gasteiger partial charge >= 0.3 is 23.9 Å². The fourth-order valence-corrected chi connectivity index (χ4v) is 7.06. The van der Waals surface area contributed by atoms with Gasteiger partial charge < -0.3 is 37.9 Å². The monoisotopic (exact) mass is 974 g/mol. The van der Waals surface area contributed by atoms with Crippen LogP contribution >= 0.6 is 0 Å². The zero-order valence-corrected chi connectivity index (χ0v) is 43.2. The molecule has 380 valence electrons. The van der Waals surface area contributed by atoms with Crippen molar-refractivity contribution in [2.24, 2.45) is 21.7 Å². The first-order chi connectivity index (χ1) is 33.4. The molecule has 5 aromatic rings. The summed E-state index contributed by atoms with van der Waals surface area (Å²) < 4.78 is 52.1. The number of benzene rings is 4. The normalized spacial score (nSPS) is 18.7. The summed E-state index contributed by atoms with van der Waals surface area (Å²) in [7, 11) is 0. The van der Waals surface area contributed by atoms with Crippen molar-refractivity contribution in [3.63, 3.8) is 0 Å². The van der Waals surface area contributed by atoms with E-state index in [2.05, 4.69) is 0 Å². The highest BCUT2D eigenvalue weighted by Crippen LogP contribution is 2.38. The Hall–Kier alpha value is -6.51. The minimum atomic E-state index is -1.57. The molecule has 1 aliphatic rings. The van der Waals surface area contributed by atoms with Crippen LogP contribution in [0.2, 0.25) is 0 Å². The summed E-state index contributed by atoms with van der Waals surface area (Å²) in [6.07, 6.45) is -3.49. The van der Waals surface area contributed by atoms with Crippen molar-refractivity contribution in [2.45, 2.75) is 134 Å². The van der Waals surface area contributed by atoms with E-state index in [1.54, 1.807) is 87.8 Å². The number of hydrogen-bond acceptors (Lipinski definition) is 13. The average Bonchev–Trinajstić information content (AvgIpc) is 3.66. The van der Waals surface area contributed by atoms with Crippen LogP contribution in [0.25, 0.3) is 23.1 Å². The number of carbonyl (C=O) groups excluding carboxylic acids is 4. The lowest BCUT2D eigenvalue weighted by Gasteiger charge is -2.45. The first kappa shape index (κ1) is 53.8. The van der Waals surface area contributed by atoms with Gasteiger partial charge in [0.2, 0.25) is 18.3 Å². The molecule has 0 unspecified atom stereocenters. The van der Waals surface area contributed by atoms with Gasteiger partial charge in [-0.15, -0.1) is 5.10 Å². The van der Waals surface area contributed by atoms with Crippen molar-refractivity contribution < 1.29 is 57.1 Å². The van der Waals surface area contributed by atoms with Crippen LogP contribution in [0.4, 0.5) is 0 Å². The van der Waals surface area contributed by atoms with E-state index < -0.39 is 82.8 Å². The van der Waals surface area contributed by atoms with Gasteiger partial charge in [0, 0.05) is 0 Å². The molecule has 0 bridgehead atoms. The zero-order chi connectivity index (χ0) is 51.7. The third-order valence-corrected chi connectivity index (χ3v) is 11.3. The van der Waals surface area contributed by atoms with Gasteiger partial charge in [-0.2, -0.15) is 0 Å². The smallest absolute Gasteiger partial charge is 0.311 e. The lowest BCUT2D eigenvalue weighted by Crippen LogP contribution is -2.65. The number of hydrogen-bond donors (Lipinski definition) is 0. The van der Waals surface area contributed by atoms with Gasteiger partial charge in [0.15, 0.2) is 12.2 Å². The molecule has 6 rings (SSSR count). The number of esters is 4. The Labute approximate surface area is 417 Å². The highest BCUT2D eigenvalue weighted by Gasteiger charge is 2.56. The van der Waals surface area contributed by atoms with Crippen LogP contribution in [0.3, 0.4) is 0 Å². The van der Waals surface area contributed by atoms with E-state index in [4.69, 9.17) is 43.0 Å². The van der Waals surface area contributed by atoms with Crippen LogP contribution in [0.15, 0.2) is 103 Å². The molecule has 14 heteroatoms. The number of rotatable bonds is 17. The Morgan fingerprint density at radius 3 is 1.75 bits per heavy atom. The van der Waals surface area contributed by atoms with Crippen LogP contribution in [-0.4, -0.2) is 77.6 Å². The quantitative estimate of drug-likeness (QED) is 0.0375. The summed E-state index contributed by atoms with van der Waals surface area (Å²) in [6.45, 7) is 21.1. The number of carbonyl (C=O) groups is 4. The third kappa shape index (κ3) is 14.8. The average molecular weight is 975 g/mol. The summed E-state index contributed by atoms with van der Waals surface area (Å²) in [4.78, 5) is 55.2. The Balaban J connectivity index is 1.45. The van der Waals surface area contributed by atoms with E-state index in [0.29, 0.717) is 48.6 Å². The van der Waals surface area contributed by atoms with Gasteiger partial charge in [-0.25, -0.2) is 0 Å². The second-order valence-corrected chi connectivity index (χ2v) is 21.9. The molecule has 0 spiro atoms. The van der Waals surface area contributed by atoms with Gasteiger partial charge in [0.1, 0.15) is 25.1 Å². The fraction of sp³-hybridized carbons (Fsp3) is 0.456. The molecule has 1 fully saturated rings. The molecule has 14 nitrogen and oxygen atoms in total. The Morgan fingerprint density at radius 2 is 1.15 bits per heavy atom. The molecule has 1 aromatic heterocycles. The molecule has 0 saturated carbocycles. The standard InChI is InChI=1S/C57H70N2O12/c1-54(2,3)50(60)66-36-43-45(68-51(61)55(4,5)6)46(69-52(62)56(7,8)9)47(70-53(63)57(10,11)12)49(67-43)71-48-44-40(30-29-37-25-19-27-41(33-37)65-35-39-23-17-14-18-24-39)26-20-28-42(44)59(58-48)31-32-64-34-38-21-15-13-16-22-38/h13-30,33,43,45-47,49H,31-32,34-36H2,1-12H3/t43-,45-,46+,47-,49+/m1/s1. The van der Waals surface area contributed by atoms with E-state index in [0.717, 1.165) is 16.7 Å². The number of nitrogens with zero attached hydrogens (tertiary/aromatic N) is 2. The summed E-state index contributed by atoms with van der Waals surface area (Å²) in [5.41, 5.74) is 0.264. The Bertz CT molecular complexity index is 2630. The third-order valence-electron chi connectivity index (χ3n) is 11.3. The highest BCUT2D eigenvalue weighted by molar-refractivity contribution is 5.95. The first-order valence-corrected chi connectivity index (χ1v) is 24.1. The molecule has 0 aliphatic carbocycles. The van der Waals surface area contributed by atoms with Crippen LogP contribution < -0.4 is 9.47 Å². The van der Waals surface area contributed by atoms with Crippen LogP contribution in [-0.2, 0) is 67.4 Å². The fourth-order valence-electron chi connectivity index (χ4n) is 7.06. The maximum absolute atomic E-state index is 14.0. The van der Waals surface area contributed by atoms with Crippen LogP contribution in [0, 0.1) is 21.7 Å². The first-order valence-electron chi connectivity index (χ1n) is 24.1. The maximum Gasteiger partial charge on any atom is 0.311 e. The topological polar surface area (TPSA) is 160 Å². The predicted octanol–water partition coefficient (Wildman–Crippen LogP) is 10.6. The second-order valence-electron chi connectivity index (χ2n) is 21.9. The van der Waals surface area contributed by atoms with Crippen LogP contribution in [0.5, 0.6) is 11.6 Å². The SMILES string of the molecule is CC(C)(C)C(=O)OC[C@H]1O[C@@H](Oc2nn(CCOCc3ccccc3)c3cccc(C=Cc4cccc(OCc5ccccc5)c4)c23)[C@H](OC(=O)C(C)(C)C)[C@@H](OC(=O)C(C)(C)C)[C@@H]1OC(=O)C(C)(C)C. The lowest BCUT2D eigenvalue weighted by atomic mass is 9.93. The summed E-state index contributed by atoms with van der Waals surface area (Å²) in [5.74, 6) is -1.81. The van der Waals surface area contributed by atoms with Crippen LogP contribution in [0.1, 0.15) is 105 Å². The molecule has 2 heterocycles. The predicted molar refractivity (Wildman–Crippen MR) is 270 cm³/mol. The summed E-state index contributed by atoms with van der Waals surface area (Å²) >= 11 is 0. The van der Waals surface area contributed by atoms with Crippen molar-refractivity contribution in [2.75, 3.05) is 13.2 Å². The molecule has 0 amide bonds. The molecular formula is C57H70N2O12. The highest BCUT2D eigenvalue weighted by atomic mass is 16.7. The maximum atomic E-state index is 14.0. The summed E-state index contributed by atoms with van der Waals surface area (Å²) in [6, 6.07) is 33.2. The molecule has 71 heavy (non-hydrogen) atoms. The van der Waals surface area contributed by atoms with Crippen molar-refractivity contribution in [1.82, 2.24) is 9.78 Å². The van der Waals surface area contributed by atoms with Gasteiger partial charge in [-0.1, -0.05) is 97.1 Å². The van der Waals surface area contributed by atoms with Crippen molar-refractivity contribution in [3.05, 3.63) is 125 Å². The minimum Gasteiger partial charge on any atom is -0.489 e. The lowest BCUT2D eigenvalue weighted by molar-refractivity contribution is -0.294. The van der Waals surface area contributed by atoms with Gasteiger partial charge in [0.25, 0.3) is 0 Å². The molecule has 0 radical (unpaired) electrons. The number of fused-ring (bicyclic) bond motifs is 1. The molecule has 0 N–H and O–H groups in total. The van der Waals surface area contributed by atoms with E-state index in [1.165, 1.54) is 0 Å². The summed E-state index contributed by atoms with van der Waals surface area (Å²) in [5, 5.41) is 5.57. The molecular weight excluding hydrogens is 905 g/mol. The number of ether oxygens (including phenoxy) is 8. The Kier molecular flexibility index (Phi) is 17.2. The van der Waals surface area contributed by atoms with E-state index >= 15 is 0 Å². The zero-order valence-electron chi connectivity index (χ0n) is 43.2. The molecule has 1 saturated heterocycles. The van der Waals surface area contributed by atoms with Gasteiger partial charge in [-0.05, 0) is 124 Å². The number of aromatic nitrogens is 2. The van der Waals surface area contributed by atoms with E-state index in [-0.39, 0.29) is 5.88 Å². The van der Waals surface area contributed by atoms with Gasteiger partial charge in [-0.3, -0.25) is 23.9 Å².